The van der Waals surface area contributed by atoms with E-state index < -0.39 is 10.8 Å². The van der Waals surface area contributed by atoms with Crippen LogP contribution < -0.4 is 5.32 Å². The van der Waals surface area contributed by atoms with Crippen molar-refractivity contribution in [2.45, 2.75) is 37.1 Å². The SMILES string of the molecule is CC1=C(CC(=O)NC2CC2)c2cc(F)ccc2/C1=C/c1ccc(S(C)=O)cc1. The summed E-state index contributed by atoms with van der Waals surface area (Å²) < 4.78 is 25.5. The highest BCUT2D eigenvalue weighted by Gasteiger charge is 2.28. The molecule has 0 aliphatic heterocycles. The Hall–Kier alpha value is -2.53. The number of hydrogen-bond acceptors (Lipinski definition) is 2. The first kappa shape index (κ1) is 18.8. The predicted molar refractivity (Wildman–Crippen MR) is 111 cm³/mol. The van der Waals surface area contributed by atoms with Gasteiger partial charge in [0.2, 0.25) is 5.91 Å². The lowest BCUT2D eigenvalue weighted by atomic mass is 10.0. The van der Waals surface area contributed by atoms with E-state index in [1.54, 1.807) is 12.3 Å². The highest BCUT2D eigenvalue weighted by atomic mass is 32.2. The van der Waals surface area contributed by atoms with E-state index in [0.29, 0.717) is 6.04 Å². The first-order chi connectivity index (χ1) is 13.4. The summed E-state index contributed by atoms with van der Waals surface area (Å²) in [7, 11) is -1.02. The van der Waals surface area contributed by atoms with Crippen LogP contribution in [0, 0.1) is 5.82 Å². The number of nitrogens with one attached hydrogen (secondary N) is 1. The van der Waals surface area contributed by atoms with Gasteiger partial charge in [-0.25, -0.2) is 4.39 Å². The lowest BCUT2D eigenvalue weighted by Gasteiger charge is -2.07. The molecule has 0 saturated heterocycles. The molecule has 1 N–H and O–H groups in total. The number of hydrogen-bond donors (Lipinski definition) is 1. The molecule has 144 valence electrons. The lowest BCUT2D eigenvalue weighted by Crippen LogP contribution is -2.25. The van der Waals surface area contributed by atoms with Crippen LogP contribution in [0.1, 0.15) is 42.9 Å². The number of rotatable bonds is 5. The van der Waals surface area contributed by atoms with E-state index in [0.717, 1.165) is 51.1 Å². The maximum atomic E-state index is 13.9. The number of allylic oxidation sites excluding steroid dienone is 2. The molecule has 1 atom stereocenters. The van der Waals surface area contributed by atoms with Crippen LogP contribution in [0.25, 0.3) is 17.2 Å². The van der Waals surface area contributed by atoms with Crippen LogP contribution in [-0.2, 0) is 15.6 Å². The van der Waals surface area contributed by atoms with Crippen molar-refractivity contribution in [3.63, 3.8) is 0 Å². The second-order valence-electron chi connectivity index (χ2n) is 7.39. The Kier molecular flexibility index (Phi) is 5.02. The van der Waals surface area contributed by atoms with Crippen molar-refractivity contribution < 1.29 is 13.4 Å². The summed E-state index contributed by atoms with van der Waals surface area (Å²) in [6.07, 6.45) is 6.03. The molecule has 2 aromatic carbocycles. The van der Waals surface area contributed by atoms with Gasteiger partial charge in [0, 0.05) is 28.0 Å². The van der Waals surface area contributed by atoms with E-state index >= 15 is 0 Å². The van der Waals surface area contributed by atoms with Gasteiger partial charge in [0.25, 0.3) is 0 Å². The van der Waals surface area contributed by atoms with E-state index in [2.05, 4.69) is 5.32 Å². The molecule has 0 bridgehead atoms. The Morgan fingerprint density at radius 3 is 2.54 bits per heavy atom. The maximum Gasteiger partial charge on any atom is 0.224 e. The van der Waals surface area contributed by atoms with Crippen molar-refractivity contribution in [3.05, 3.63) is 70.5 Å². The van der Waals surface area contributed by atoms with E-state index in [-0.39, 0.29) is 18.1 Å². The highest BCUT2D eigenvalue weighted by Crippen LogP contribution is 2.44. The normalized spacial score (nSPS) is 18.3. The van der Waals surface area contributed by atoms with Crippen LogP contribution in [-0.4, -0.2) is 22.4 Å². The number of benzene rings is 2. The Balaban J connectivity index is 1.71. The van der Waals surface area contributed by atoms with Crippen molar-refractivity contribution in [3.8, 4) is 0 Å². The molecule has 28 heavy (non-hydrogen) atoms. The van der Waals surface area contributed by atoms with Crippen LogP contribution in [0.2, 0.25) is 0 Å². The van der Waals surface area contributed by atoms with Crippen LogP contribution in [0.3, 0.4) is 0 Å². The largest absolute Gasteiger partial charge is 0.353 e. The predicted octanol–water partition coefficient (Wildman–Crippen LogP) is 4.56. The van der Waals surface area contributed by atoms with Crippen LogP contribution in [0.5, 0.6) is 0 Å². The van der Waals surface area contributed by atoms with Crippen molar-refractivity contribution in [1.82, 2.24) is 5.32 Å². The molecule has 0 radical (unpaired) electrons. The highest BCUT2D eigenvalue weighted by molar-refractivity contribution is 7.84. The third kappa shape index (κ3) is 3.85. The molecule has 0 aromatic heterocycles. The standard InChI is InChI=1S/C23H22FNO2S/c1-14-20(11-15-3-8-18(9-4-15)28(2)27)19-10-5-16(24)12-22(19)21(14)13-23(26)25-17-6-7-17/h3-5,8-12,17H,6-7,13H2,1-2H3,(H,25,26)/b20-11+. The van der Waals surface area contributed by atoms with Crippen molar-refractivity contribution in [2.24, 2.45) is 0 Å². The second kappa shape index (κ2) is 7.47. The fourth-order valence-electron chi connectivity index (χ4n) is 3.57. The number of amides is 1. The van der Waals surface area contributed by atoms with Gasteiger partial charge in [0.15, 0.2) is 0 Å². The molecular weight excluding hydrogens is 373 g/mol. The third-order valence-corrected chi connectivity index (χ3v) is 6.19. The molecule has 2 aromatic rings. The van der Waals surface area contributed by atoms with Crippen molar-refractivity contribution in [2.75, 3.05) is 6.26 Å². The average Bonchev–Trinajstić information content (AvgIpc) is 3.44. The minimum atomic E-state index is -1.02. The van der Waals surface area contributed by atoms with Gasteiger partial charge < -0.3 is 5.32 Å². The number of carbonyl (C=O) groups excluding carboxylic acids is 1. The smallest absolute Gasteiger partial charge is 0.224 e. The van der Waals surface area contributed by atoms with Gasteiger partial charge in [-0.2, -0.15) is 0 Å². The van der Waals surface area contributed by atoms with Gasteiger partial charge in [-0.1, -0.05) is 18.2 Å². The fourth-order valence-corrected chi connectivity index (χ4v) is 4.09. The number of halogens is 1. The van der Waals surface area contributed by atoms with Crippen LogP contribution in [0.15, 0.2) is 52.9 Å². The zero-order valence-corrected chi connectivity index (χ0v) is 16.7. The van der Waals surface area contributed by atoms with Gasteiger partial charge in [0.05, 0.1) is 6.42 Å². The molecule has 1 unspecified atom stereocenters. The third-order valence-electron chi connectivity index (χ3n) is 5.26. The Morgan fingerprint density at radius 1 is 1.18 bits per heavy atom. The van der Waals surface area contributed by atoms with Gasteiger partial charge in [-0.05, 0) is 83.5 Å². The molecule has 1 saturated carbocycles. The van der Waals surface area contributed by atoms with E-state index in [1.165, 1.54) is 12.1 Å². The van der Waals surface area contributed by atoms with Crippen molar-refractivity contribution in [1.29, 1.82) is 0 Å². The van der Waals surface area contributed by atoms with Gasteiger partial charge in [-0.15, -0.1) is 0 Å². The van der Waals surface area contributed by atoms with E-state index in [1.807, 2.05) is 37.3 Å². The Bertz CT molecular complexity index is 1030. The first-order valence-electron chi connectivity index (χ1n) is 9.37. The van der Waals surface area contributed by atoms with Gasteiger partial charge in [-0.3, -0.25) is 9.00 Å². The molecule has 2 aliphatic rings. The van der Waals surface area contributed by atoms with Gasteiger partial charge >= 0.3 is 0 Å². The van der Waals surface area contributed by atoms with Gasteiger partial charge in [0.1, 0.15) is 5.82 Å². The second-order valence-corrected chi connectivity index (χ2v) is 8.77. The maximum absolute atomic E-state index is 13.9. The summed E-state index contributed by atoms with van der Waals surface area (Å²) in [4.78, 5) is 13.1. The quantitative estimate of drug-likeness (QED) is 0.807. The van der Waals surface area contributed by atoms with E-state index in [4.69, 9.17) is 0 Å². The van der Waals surface area contributed by atoms with E-state index in [9.17, 15) is 13.4 Å². The summed E-state index contributed by atoms with van der Waals surface area (Å²) in [5.74, 6) is -0.314. The molecule has 0 heterocycles. The summed E-state index contributed by atoms with van der Waals surface area (Å²) in [6.45, 7) is 1.99. The fraction of sp³-hybridized carbons (Fsp3) is 0.261. The van der Waals surface area contributed by atoms with Crippen LogP contribution >= 0.6 is 0 Å². The summed E-state index contributed by atoms with van der Waals surface area (Å²) in [5.41, 5.74) is 5.58. The molecular formula is C23H22FNO2S. The molecule has 1 fully saturated rings. The summed E-state index contributed by atoms with van der Waals surface area (Å²) >= 11 is 0. The molecule has 1 amide bonds. The number of fused-ring (bicyclic) bond motifs is 1. The topological polar surface area (TPSA) is 46.2 Å². The molecule has 3 nitrogen and oxygen atoms in total. The molecule has 5 heteroatoms. The zero-order valence-electron chi connectivity index (χ0n) is 15.9. The average molecular weight is 395 g/mol. The van der Waals surface area contributed by atoms with Crippen LogP contribution in [0.4, 0.5) is 4.39 Å². The molecule has 2 aliphatic carbocycles. The monoisotopic (exact) mass is 395 g/mol. The Labute approximate surface area is 166 Å². The summed E-state index contributed by atoms with van der Waals surface area (Å²) in [6, 6.07) is 12.6. The number of carbonyl (C=O) groups is 1. The molecule has 0 spiro atoms. The van der Waals surface area contributed by atoms with Crippen molar-refractivity contribution >= 4 is 33.9 Å². The zero-order chi connectivity index (χ0) is 19.8. The summed E-state index contributed by atoms with van der Waals surface area (Å²) in [5, 5.41) is 3.01. The first-order valence-corrected chi connectivity index (χ1v) is 10.9. The lowest BCUT2D eigenvalue weighted by molar-refractivity contribution is -0.120. The molecule has 4 rings (SSSR count). The Morgan fingerprint density at radius 2 is 1.89 bits per heavy atom. The minimum absolute atomic E-state index is 0.0110. The minimum Gasteiger partial charge on any atom is -0.353 e.